The summed E-state index contributed by atoms with van der Waals surface area (Å²) in [5, 5.41) is 0. The monoisotopic (exact) mass is 360 g/mol. The van der Waals surface area contributed by atoms with E-state index in [9.17, 15) is 0 Å². The molecule has 0 bridgehead atoms. The molecule has 1 atom stereocenters. The van der Waals surface area contributed by atoms with Crippen LogP contribution in [0.15, 0.2) is 28.7 Å². The van der Waals surface area contributed by atoms with Crippen molar-refractivity contribution in [1.29, 1.82) is 0 Å². The molecule has 0 spiro atoms. The van der Waals surface area contributed by atoms with Crippen molar-refractivity contribution in [2.45, 2.75) is 43.9 Å². The molecule has 1 aromatic heterocycles. The van der Waals surface area contributed by atoms with Gasteiger partial charge < -0.3 is 4.98 Å². The van der Waals surface area contributed by atoms with Crippen molar-refractivity contribution in [2.24, 2.45) is 0 Å². The maximum atomic E-state index is 5.48. The first-order valence-corrected chi connectivity index (χ1v) is 8.81. The number of rotatable bonds is 2. The first-order chi connectivity index (χ1) is 10.2. The third kappa shape index (κ3) is 2.29. The molecule has 2 nitrogen and oxygen atoms in total. The molecule has 2 aliphatic carbocycles. The summed E-state index contributed by atoms with van der Waals surface area (Å²) in [6, 6.07) is 8.63. The normalized spacial score (nSPS) is 21.1. The summed E-state index contributed by atoms with van der Waals surface area (Å²) in [7, 11) is 0. The van der Waals surface area contributed by atoms with Crippen molar-refractivity contribution in [1.82, 2.24) is 9.97 Å². The highest BCUT2D eigenvalue weighted by Gasteiger charge is 2.30. The van der Waals surface area contributed by atoms with Crippen LogP contribution in [0.5, 0.6) is 0 Å². The van der Waals surface area contributed by atoms with Crippen LogP contribution >= 0.6 is 28.1 Å². The number of aromatic nitrogens is 2. The van der Waals surface area contributed by atoms with E-state index in [4.69, 9.17) is 12.2 Å². The fraction of sp³-hybridized carbons (Fsp3) is 0.412. The number of halogens is 1. The van der Waals surface area contributed by atoms with Gasteiger partial charge in [0.1, 0.15) is 10.5 Å². The molecule has 1 unspecified atom stereocenters. The third-order valence-corrected chi connectivity index (χ3v) is 6.22. The van der Waals surface area contributed by atoms with Gasteiger partial charge in [-0.05, 0) is 46.3 Å². The van der Waals surface area contributed by atoms with E-state index in [2.05, 4.69) is 50.2 Å². The molecule has 1 N–H and O–H groups in total. The van der Waals surface area contributed by atoms with E-state index in [1.54, 1.807) is 0 Å². The second kappa shape index (κ2) is 5.33. The van der Waals surface area contributed by atoms with E-state index in [0.29, 0.717) is 16.5 Å². The maximum Gasteiger partial charge on any atom is 0.144 e. The van der Waals surface area contributed by atoms with Crippen molar-refractivity contribution < 1.29 is 0 Å². The molecule has 1 heterocycles. The molecule has 2 aliphatic rings. The van der Waals surface area contributed by atoms with Crippen LogP contribution in [-0.2, 0) is 6.42 Å². The largest absolute Gasteiger partial charge is 0.345 e. The molecule has 2 aromatic rings. The molecule has 1 saturated carbocycles. The fourth-order valence-corrected chi connectivity index (χ4v) is 4.38. The lowest BCUT2D eigenvalue weighted by Crippen LogP contribution is -2.21. The van der Waals surface area contributed by atoms with Gasteiger partial charge in [-0.1, -0.05) is 49.3 Å². The predicted octanol–water partition coefficient (Wildman–Crippen LogP) is 5.25. The summed E-state index contributed by atoms with van der Waals surface area (Å²) in [5.41, 5.74) is 4.11. The number of benzene rings is 1. The lowest BCUT2D eigenvalue weighted by molar-refractivity contribution is 0.625. The average Bonchev–Trinajstić information content (AvgIpc) is 2.98. The SMILES string of the molecule is S=c1nc(C2Cc3ccccc32)[nH]c(C2CCCC2)c1Br. The number of aromatic amines is 1. The van der Waals surface area contributed by atoms with Gasteiger partial charge in [0.25, 0.3) is 0 Å². The van der Waals surface area contributed by atoms with Crippen LogP contribution in [0.3, 0.4) is 0 Å². The Bertz CT molecular complexity index is 747. The number of fused-ring (bicyclic) bond motifs is 1. The van der Waals surface area contributed by atoms with E-state index in [0.717, 1.165) is 16.7 Å². The fourth-order valence-electron chi connectivity index (χ4n) is 3.66. The number of hydrogen-bond donors (Lipinski definition) is 1. The minimum Gasteiger partial charge on any atom is -0.345 e. The number of nitrogens with zero attached hydrogens (tertiary/aromatic N) is 1. The molecule has 0 radical (unpaired) electrons. The molecular formula is C17H17BrN2S. The van der Waals surface area contributed by atoms with E-state index < -0.39 is 0 Å². The Morgan fingerprint density at radius 3 is 2.71 bits per heavy atom. The molecule has 4 rings (SSSR count). The summed E-state index contributed by atoms with van der Waals surface area (Å²) in [5.74, 6) is 2.04. The van der Waals surface area contributed by atoms with Crippen LogP contribution in [0, 0.1) is 4.64 Å². The van der Waals surface area contributed by atoms with Gasteiger partial charge in [0.15, 0.2) is 0 Å². The van der Waals surface area contributed by atoms with Gasteiger partial charge in [0.05, 0.1) is 4.47 Å². The van der Waals surface area contributed by atoms with Gasteiger partial charge >= 0.3 is 0 Å². The van der Waals surface area contributed by atoms with Gasteiger partial charge in [-0.15, -0.1) is 0 Å². The van der Waals surface area contributed by atoms with E-state index in [1.165, 1.54) is 42.5 Å². The highest BCUT2D eigenvalue weighted by Crippen LogP contribution is 2.41. The van der Waals surface area contributed by atoms with Crippen molar-refractivity contribution in [3.8, 4) is 0 Å². The summed E-state index contributed by atoms with van der Waals surface area (Å²) >= 11 is 9.12. The standard InChI is InChI=1S/C17H17BrN2S/c18-14-15(10-5-1-2-6-10)19-16(20-17(14)21)13-9-11-7-3-4-8-12(11)13/h3-4,7-8,10,13H,1-2,5-6,9H2,(H,19,20,21). The molecule has 1 fully saturated rings. The summed E-state index contributed by atoms with van der Waals surface area (Å²) in [6.45, 7) is 0. The van der Waals surface area contributed by atoms with Gasteiger partial charge in [-0.25, -0.2) is 4.98 Å². The highest BCUT2D eigenvalue weighted by atomic mass is 79.9. The summed E-state index contributed by atoms with van der Waals surface area (Å²) in [6.07, 6.45) is 6.23. The number of H-pyrrole nitrogens is 1. The number of hydrogen-bond acceptors (Lipinski definition) is 2. The molecule has 0 saturated heterocycles. The zero-order chi connectivity index (χ0) is 14.4. The zero-order valence-corrected chi connectivity index (χ0v) is 14.1. The van der Waals surface area contributed by atoms with Gasteiger partial charge in [0.2, 0.25) is 0 Å². The predicted molar refractivity (Wildman–Crippen MR) is 90.3 cm³/mol. The van der Waals surface area contributed by atoms with Crippen LogP contribution in [-0.4, -0.2) is 9.97 Å². The Labute approximate surface area is 138 Å². The first-order valence-electron chi connectivity index (χ1n) is 7.61. The third-order valence-electron chi connectivity index (χ3n) is 4.86. The van der Waals surface area contributed by atoms with Crippen molar-refractivity contribution >= 4 is 28.1 Å². The van der Waals surface area contributed by atoms with Crippen molar-refractivity contribution in [2.75, 3.05) is 0 Å². The quantitative estimate of drug-likeness (QED) is 0.741. The Hall–Kier alpha value is -1.00. The van der Waals surface area contributed by atoms with Crippen molar-refractivity contribution in [3.05, 3.63) is 56.0 Å². The molecule has 4 heteroatoms. The van der Waals surface area contributed by atoms with Gasteiger partial charge in [0, 0.05) is 17.5 Å². The minimum absolute atomic E-state index is 0.385. The van der Waals surface area contributed by atoms with Gasteiger partial charge in [-0.2, -0.15) is 0 Å². The number of nitrogens with one attached hydrogen (secondary N) is 1. The lowest BCUT2D eigenvalue weighted by atomic mass is 9.77. The summed E-state index contributed by atoms with van der Waals surface area (Å²) < 4.78 is 1.70. The van der Waals surface area contributed by atoms with Crippen LogP contribution in [0.4, 0.5) is 0 Å². The zero-order valence-electron chi connectivity index (χ0n) is 11.7. The van der Waals surface area contributed by atoms with E-state index in [1.807, 2.05) is 0 Å². The van der Waals surface area contributed by atoms with E-state index in [-0.39, 0.29) is 0 Å². The van der Waals surface area contributed by atoms with Crippen LogP contribution in [0.2, 0.25) is 0 Å². The maximum absolute atomic E-state index is 5.48. The average molecular weight is 361 g/mol. The highest BCUT2D eigenvalue weighted by molar-refractivity contribution is 9.10. The van der Waals surface area contributed by atoms with Crippen LogP contribution < -0.4 is 0 Å². The smallest absolute Gasteiger partial charge is 0.144 e. The Morgan fingerprint density at radius 1 is 1.19 bits per heavy atom. The Balaban J connectivity index is 1.76. The van der Waals surface area contributed by atoms with Gasteiger partial charge in [-0.3, -0.25) is 0 Å². The molecule has 0 amide bonds. The second-order valence-electron chi connectivity index (χ2n) is 6.09. The molecule has 108 valence electrons. The van der Waals surface area contributed by atoms with E-state index >= 15 is 0 Å². The first kappa shape index (κ1) is 13.6. The molecule has 21 heavy (non-hydrogen) atoms. The Morgan fingerprint density at radius 2 is 1.95 bits per heavy atom. The molecule has 0 aliphatic heterocycles. The minimum atomic E-state index is 0.385. The topological polar surface area (TPSA) is 28.7 Å². The van der Waals surface area contributed by atoms with Crippen LogP contribution in [0.25, 0.3) is 0 Å². The van der Waals surface area contributed by atoms with Crippen molar-refractivity contribution in [3.63, 3.8) is 0 Å². The Kier molecular flexibility index (Phi) is 3.46. The summed E-state index contributed by atoms with van der Waals surface area (Å²) in [4.78, 5) is 8.25. The second-order valence-corrected chi connectivity index (χ2v) is 7.27. The molecule has 1 aromatic carbocycles. The van der Waals surface area contributed by atoms with Crippen LogP contribution in [0.1, 0.15) is 60.2 Å². The molecular weight excluding hydrogens is 344 g/mol. The lowest BCUT2D eigenvalue weighted by Gasteiger charge is -2.30.